The molecular weight excluding hydrogens is 232 g/mol. The number of carbonyl (C=O) groups is 1. The SMILES string of the molecule is CCOC(=O)C(C)N(CCOC)CC1CCCN1. The molecule has 2 unspecified atom stereocenters. The Labute approximate surface area is 110 Å². The van der Waals surface area contributed by atoms with E-state index in [1.807, 2.05) is 13.8 Å². The molecule has 0 aromatic heterocycles. The number of rotatable bonds is 8. The van der Waals surface area contributed by atoms with Crippen molar-refractivity contribution in [2.75, 3.05) is 40.0 Å². The number of methoxy groups -OCH3 is 1. The van der Waals surface area contributed by atoms with Gasteiger partial charge in [0, 0.05) is 26.2 Å². The van der Waals surface area contributed by atoms with Gasteiger partial charge in [0.1, 0.15) is 6.04 Å². The van der Waals surface area contributed by atoms with Gasteiger partial charge in [0.25, 0.3) is 0 Å². The van der Waals surface area contributed by atoms with Crippen molar-refractivity contribution >= 4 is 5.97 Å². The summed E-state index contributed by atoms with van der Waals surface area (Å²) in [6.07, 6.45) is 2.40. The zero-order chi connectivity index (χ0) is 13.4. The van der Waals surface area contributed by atoms with E-state index in [2.05, 4.69) is 10.2 Å². The Hall–Kier alpha value is -0.650. The predicted molar refractivity (Wildman–Crippen MR) is 70.6 cm³/mol. The Morgan fingerprint density at radius 2 is 2.33 bits per heavy atom. The number of esters is 1. The summed E-state index contributed by atoms with van der Waals surface area (Å²) in [5, 5.41) is 3.45. The molecule has 0 saturated carbocycles. The molecule has 1 saturated heterocycles. The molecule has 2 atom stereocenters. The Morgan fingerprint density at radius 3 is 2.89 bits per heavy atom. The van der Waals surface area contributed by atoms with Crippen molar-refractivity contribution < 1.29 is 14.3 Å². The molecule has 1 fully saturated rings. The molecular formula is C13H26N2O3. The van der Waals surface area contributed by atoms with E-state index in [1.165, 1.54) is 12.8 Å². The minimum atomic E-state index is -0.206. The van der Waals surface area contributed by atoms with E-state index in [9.17, 15) is 4.79 Å². The van der Waals surface area contributed by atoms with Gasteiger partial charge in [0.05, 0.1) is 13.2 Å². The van der Waals surface area contributed by atoms with Gasteiger partial charge in [-0.15, -0.1) is 0 Å². The summed E-state index contributed by atoms with van der Waals surface area (Å²) in [5.41, 5.74) is 0. The van der Waals surface area contributed by atoms with E-state index in [0.29, 0.717) is 19.3 Å². The Kier molecular flexibility index (Phi) is 7.23. The smallest absolute Gasteiger partial charge is 0.323 e. The number of ether oxygens (including phenoxy) is 2. The fraction of sp³-hybridized carbons (Fsp3) is 0.923. The van der Waals surface area contributed by atoms with E-state index in [4.69, 9.17) is 9.47 Å². The van der Waals surface area contributed by atoms with Gasteiger partial charge in [0.15, 0.2) is 0 Å². The van der Waals surface area contributed by atoms with Gasteiger partial charge >= 0.3 is 5.97 Å². The van der Waals surface area contributed by atoms with Crippen molar-refractivity contribution in [1.82, 2.24) is 10.2 Å². The maximum Gasteiger partial charge on any atom is 0.323 e. The van der Waals surface area contributed by atoms with E-state index in [-0.39, 0.29) is 12.0 Å². The number of hydrogen-bond donors (Lipinski definition) is 1. The molecule has 0 radical (unpaired) electrons. The van der Waals surface area contributed by atoms with E-state index in [1.54, 1.807) is 7.11 Å². The zero-order valence-electron chi connectivity index (χ0n) is 11.8. The van der Waals surface area contributed by atoms with Crippen LogP contribution in [-0.2, 0) is 14.3 Å². The summed E-state index contributed by atoms with van der Waals surface area (Å²) < 4.78 is 10.2. The van der Waals surface area contributed by atoms with E-state index >= 15 is 0 Å². The molecule has 0 bridgehead atoms. The molecule has 1 heterocycles. The van der Waals surface area contributed by atoms with Crippen LogP contribution in [-0.4, -0.2) is 62.9 Å². The predicted octanol–water partition coefficient (Wildman–Crippen LogP) is 0.638. The van der Waals surface area contributed by atoms with Crippen LogP contribution in [0.15, 0.2) is 0 Å². The second kappa shape index (κ2) is 8.45. The largest absolute Gasteiger partial charge is 0.465 e. The van der Waals surface area contributed by atoms with Crippen molar-refractivity contribution in [3.8, 4) is 0 Å². The van der Waals surface area contributed by atoms with Crippen LogP contribution in [0.25, 0.3) is 0 Å². The maximum atomic E-state index is 11.8. The first kappa shape index (κ1) is 15.4. The molecule has 1 aliphatic rings. The lowest BCUT2D eigenvalue weighted by Gasteiger charge is -2.29. The van der Waals surface area contributed by atoms with Crippen molar-refractivity contribution in [2.45, 2.75) is 38.8 Å². The Bertz CT molecular complexity index is 242. The molecule has 0 spiro atoms. The molecule has 0 aliphatic carbocycles. The quantitative estimate of drug-likeness (QED) is 0.647. The average Bonchev–Trinajstić information content (AvgIpc) is 2.86. The number of nitrogens with one attached hydrogen (secondary N) is 1. The highest BCUT2D eigenvalue weighted by Crippen LogP contribution is 2.10. The molecule has 5 nitrogen and oxygen atoms in total. The van der Waals surface area contributed by atoms with Crippen LogP contribution in [0, 0.1) is 0 Å². The summed E-state index contributed by atoms with van der Waals surface area (Å²) in [7, 11) is 1.68. The highest BCUT2D eigenvalue weighted by atomic mass is 16.5. The number of carbonyl (C=O) groups excluding carboxylic acids is 1. The Morgan fingerprint density at radius 1 is 1.56 bits per heavy atom. The van der Waals surface area contributed by atoms with Crippen LogP contribution >= 0.6 is 0 Å². The van der Waals surface area contributed by atoms with Crippen LogP contribution in [0.3, 0.4) is 0 Å². The molecule has 106 valence electrons. The molecule has 1 aliphatic heterocycles. The first-order valence-corrected chi connectivity index (χ1v) is 6.82. The van der Waals surface area contributed by atoms with Gasteiger partial charge in [-0.25, -0.2) is 0 Å². The lowest BCUT2D eigenvalue weighted by molar-refractivity contribution is -0.149. The van der Waals surface area contributed by atoms with Gasteiger partial charge in [-0.3, -0.25) is 9.69 Å². The summed E-state index contributed by atoms with van der Waals surface area (Å²) in [6, 6.07) is 0.279. The molecule has 18 heavy (non-hydrogen) atoms. The third kappa shape index (κ3) is 4.92. The van der Waals surface area contributed by atoms with Gasteiger partial charge in [0.2, 0.25) is 0 Å². The van der Waals surface area contributed by atoms with Crippen LogP contribution in [0.2, 0.25) is 0 Å². The van der Waals surface area contributed by atoms with Crippen LogP contribution in [0.4, 0.5) is 0 Å². The fourth-order valence-corrected chi connectivity index (χ4v) is 2.26. The minimum absolute atomic E-state index is 0.147. The first-order valence-electron chi connectivity index (χ1n) is 6.82. The summed E-state index contributed by atoms with van der Waals surface area (Å²) in [6.45, 7) is 7.53. The normalized spacial score (nSPS) is 21.2. The summed E-state index contributed by atoms with van der Waals surface area (Å²) in [4.78, 5) is 13.9. The van der Waals surface area contributed by atoms with Crippen LogP contribution in [0.1, 0.15) is 26.7 Å². The van der Waals surface area contributed by atoms with Gasteiger partial charge < -0.3 is 14.8 Å². The molecule has 1 rings (SSSR count). The van der Waals surface area contributed by atoms with Gasteiger partial charge in [-0.05, 0) is 33.2 Å². The standard InChI is InChI=1S/C13H26N2O3/c1-4-18-13(16)11(2)15(8-9-17-3)10-12-6-5-7-14-12/h11-12,14H,4-10H2,1-3H3. The molecule has 0 amide bonds. The van der Waals surface area contributed by atoms with Gasteiger partial charge in [-0.2, -0.15) is 0 Å². The fourth-order valence-electron chi connectivity index (χ4n) is 2.26. The Balaban J connectivity index is 2.49. The topological polar surface area (TPSA) is 50.8 Å². The summed E-state index contributed by atoms with van der Waals surface area (Å²) in [5.74, 6) is -0.147. The third-order valence-electron chi connectivity index (χ3n) is 3.38. The highest BCUT2D eigenvalue weighted by Gasteiger charge is 2.26. The average molecular weight is 258 g/mol. The zero-order valence-corrected chi connectivity index (χ0v) is 11.8. The lowest BCUT2D eigenvalue weighted by Crippen LogP contribution is -2.47. The maximum absolute atomic E-state index is 11.8. The summed E-state index contributed by atoms with van der Waals surface area (Å²) >= 11 is 0. The molecule has 0 aromatic rings. The second-order valence-corrected chi connectivity index (χ2v) is 4.71. The van der Waals surface area contributed by atoms with Crippen molar-refractivity contribution in [1.29, 1.82) is 0 Å². The van der Waals surface area contributed by atoms with E-state index in [0.717, 1.165) is 19.6 Å². The third-order valence-corrected chi connectivity index (χ3v) is 3.38. The number of nitrogens with zero attached hydrogens (tertiary/aromatic N) is 1. The monoisotopic (exact) mass is 258 g/mol. The first-order chi connectivity index (χ1) is 8.69. The highest BCUT2D eigenvalue weighted by molar-refractivity contribution is 5.75. The molecule has 0 aromatic carbocycles. The molecule has 1 N–H and O–H groups in total. The number of hydrogen-bond acceptors (Lipinski definition) is 5. The van der Waals surface area contributed by atoms with Crippen LogP contribution < -0.4 is 5.32 Å². The van der Waals surface area contributed by atoms with Crippen molar-refractivity contribution in [2.24, 2.45) is 0 Å². The molecule has 5 heteroatoms. The van der Waals surface area contributed by atoms with E-state index < -0.39 is 0 Å². The van der Waals surface area contributed by atoms with Crippen molar-refractivity contribution in [3.63, 3.8) is 0 Å². The van der Waals surface area contributed by atoms with Gasteiger partial charge in [-0.1, -0.05) is 0 Å². The minimum Gasteiger partial charge on any atom is -0.465 e. The second-order valence-electron chi connectivity index (χ2n) is 4.71. The lowest BCUT2D eigenvalue weighted by atomic mass is 10.2. The van der Waals surface area contributed by atoms with Crippen molar-refractivity contribution in [3.05, 3.63) is 0 Å². The van der Waals surface area contributed by atoms with Crippen LogP contribution in [0.5, 0.6) is 0 Å².